The van der Waals surface area contributed by atoms with E-state index in [-0.39, 0.29) is 7.43 Å². The first-order valence-electron chi connectivity index (χ1n) is 41.2. The first kappa shape index (κ1) is 105. The molecular formula is C109H117I2N15. The molecule has 2 unspecified atom stereocenters. The minimum absolute atomic E-state index is 0. The SMILES string of the molecule is C.C=C(N)/C=C\c1cc(C)c(Cc2ccnc(Cc3ccc(C#N)cc3)n2)c(C)c1.C=CC#N.C=CC=C.CCC(C)I.CCC(C)I.Cc1cc(/C=C\C#N)cc(C)c1Cc1ccnc(Cc2ccc(C#N)cc2)n1.Cc1cc(C)c(Cc2ccnc(Cc3ccc(C#N)cc3)n2)c(C)c1.Cc1cc(C)c(Cc2ccnc(Cc3ccc(C#N)cc3)n2)c(C)c1. The maximum atomic E-state index is 8.92. The highest BCUT2D eigenvalue weighted by molar-refractivity contribution is 14.1. The van der Waals surface area contributed by atoms with Crippen LogP contribution < -0.4 is 5.73 Å². The van der Waals surface area contributed by atoms with Gasteiger partial charge in [0.25, 0.3) is 0 Å². The molecule has 0 amide bonds. The Hall–Kier alpha value is -13.3. The molecule has 12 rings (SSSR count). The van der Waals surface area contributed by atoms with Gasteiger partial charge >= 0.3 is 0 Å². The van der Waals surface area contributed by atoms with Gasteiger partial charge < -0.3 is 5.73 Å². The number of nitriles is 6. The molecule has 0 spiro atoms. The number of nitrogens with zero attached hydrogens (tertiary/aromatic N) is 14. The van der Waals surface area contributed by atoms with Crippen molar-refractivity contribution >= 4 is 57.3 Å². The molecule has 17 heteroatoms. The van der Waals surface area contributed by atoms with Gasteiger partial charge in [0.15, 0.2) is 0 Å². The van der Waals surface area contributed by atoms with Gasteiger partial charge in [0, 0.05) is 125 Å². The zero-order valence-corrected chi connectivity index (χ0v) is 79.0. The molecule has 0 fully saturated rings. The number of hydrogen-bond donors (Lipinski definition) is 1. The number of hydrogen-bond acceptors (Lipinski definition) is 15. The summed E-state index contributed by atoms with van der Waals surface area (Å²) in [5.74, 6) is 3.17. The van der Waals surface area contributed by atoms with E-state index < -0.39 is 0 Å². The Kier molecular flexibility index (Phi) is 47.7. The largest absolute Gasteiger partial charge is 0.399 e. The summed E-state index contributed by atoms with van der Waals surface area (Å²) < 4.78 is 1.71. The number of rotatable bonds is 22. The summed E-state index contributed by atoms with van der Waals surface area (Å²) in [5, 5.41) is 51.8. The third-order valence-electron chi connectivity index (χ3n) is 19.6. The van der Waals surface area contributed by atoms with Crippen molar-refractivity contribution in [2.24, 2.45) is 5.73 Å². The molecule has 0 aliphatic heterocycles. The number of nitrogens with two attached hydrogens (primary N) is 1. The van der Waals surface area contributed by atoms with Crippen LogP contribution >= 0.6 is 45.2 Å². The standard InChI is InChI=1S/C25H24N4.C24H20N4.2C22H21N3.2C4H9I.C4H6.C3H3N.CH4/c1-17-12-22(5-4-19(3)27)13-18(2)24(17)15-23-10-11-28-25(29-23)14-20-6-8-21(16-26)9-7-20;1-17-12-21(4-3-10-25)13-18(2)23(17)15-22-9-11-27-24(28-22)14-19-5-7-20(16-26)8-6-19;2*1-15-10-16(2)21(17(3)11-15)13-20-8-9-24-22(25-20)12-18-4-6-19(14-23)7-5-18;2*1-3-4(2)5;1-3-4-2;1-2-3-4;/h4-13H,3,14-15,27H2,1-2H3;3-9,11-13H,14-15H2,1-2H3;2*4-11H,12-13H2,1-3H3;2*4H,3H2,1-2H3;3-4H,1-2H2;2H,1H2;1H4/b5-4-;4-3-;;;;;;;. The minimum atomic E-state index is 0. The Morgan fingerprint density at radius 2 is 0.587 bits per heavy atom. The molecular weight excluding hydrogens is 1770 g/mol. The van der Waals surface area contributed by atoms with Crippen LogP contribution in [-0.2, 0) is 51.4 Å². The molecule has 4 heterocycles. The molecule has 0 aliphatic carbocycles. The average Bonchev–Trinajstić information content (AvgIpc) is 0.834. The molecule has 0 bridgehead atoms. The van der Waals surface area contributed by atoms with Crippen LogP contribution in [-0.4, -0.2) is 47.7 Å². The first-order chi connectivity index (χ1) is 60.0. The van der Waals surface area contributed by atoms with Crippen LogP contribution in [0, 0.1) is 137 Å². The molecule has 0 saturated heterocycles. The number of benzene rings is 8. The third kappa shape index (κ3) is 38.6. The Morgan fingerprint density at radius 1 is 0.365 bits per heavy atom. The fourth-order valence-electron chi connectivity index (χ4n) is 12.9. The maximum Gasteiger partial charge on any atom is 0.132 e. The second-order valence-corrected chi connectivity index (χ2v) is 34.3. The van der Waals surface area contributed by atoms with E-state index in [1.165, 1.54) is 103 Å². The van der Waals surface area contributed by atoms with E-state index in [2.05, 4.69) is 261 Å². The van der Waals surface area contributed by atoms with E-state index in [4.69, 9.17) is 57.2 Å². The maximum absolute atomic E-state index is 8.92. The molecule has 2 N–H and O–H groups in total. The van der Waals surface area contributed by atoms with Crippen molar-refractivity contribution in [2.75, 3.05) is 0 Å². The van der Waals surface area contributed by atoms with Crippen molar-refractivity contribution in [1.29, 1.82) is 31.6 Å². The van der Waals surface area contributed by atoms with Gasteiger partial charge in [-0.25, -0.2) is 39.9 Å². The lowest BCUT2D eigenvalue weighted by molar-refractivity contribution is 0.911. The van der Waals surface area contributed by atoms with E-state index in [9.17, 15) is 0 Å². The molecule has 642 valence electrons. The Labute approximate surface area is 777 Å². The van der Waals surface area contributed by atoms with Crippen molar-refractivity contribution in [3.63, 3.8) is 0 Å². The highest BCUT2D eigenvalue weighted by Crippen LogP contribution is 2.26. The quantitative estimate of drug-likeness (QED) is 0.0286. The molecule has 0 saturated carbocycles. The van der Waals surface area contributed by atoms with E-state index >= 15 is 0 Å². The predicted molar refractivity (Wildman–Crippen MR) is 536 cm³/mol. The fraction of sp³-hybridized carbons (Fsp3) is 0.248. The topological polar surface area (TPSA) is 272 Å². The van der Waals surface area contributed by atoms with E-state index in [1.54, 1.807) is 24.4 Å². The lowest BCUT2D eigenvalue weighted by atomic mass is 9.95. The summed E-state index contributed by atoms with van der Waals surface area (Å²) in [6.07, 6.45) is 27.2. The van der Waals surface area contributed by atoms with Crippen LogP contribution in [0.1, 0.15) is 228 Å². The summed E-state index contributed by atoms with van der Waals surface area (Å²) in [6, 6.07) is 67.8. The van der Waals surface area contributed by atoms with Crippen molar-refractivity contribution in [3.8, 4) is 36.4 Å². The van der Waals surface area contributed by atoms with Crippen molar-refractivity contribution in [2.45, 2.75) is 176 Å². The summed E-state index contributed by atoms with van der Waals surface area (Å²) in [7, 11) is 0. The molecule has 8 aromatic carbocycles. The first-order valence-corrected chi connectivity index (χ1v) is 43.7. The van der Waals surface area contributed by atoms with Gasteiger partial charge in [0.2, 0.25) is 0 Å². The van der Waals surface area contributed by atoms with Crippen LogP contribution in [0.3, 0.4) is 0 Å². The molecule has 0 aliphatic rings. The van der Waals surface area contributed by atoms with Gasteiger partial charge in [-0.15, -0.1) is 0 Å². The molecule has 4 aromatic heterocycles. The number of allylic oxidation sites excluding steroid dienone is 5. The molecule has 126 heavy (non-hydrogen) atoms. The molecule has 12 aromatic rings. The van der Waals surface area contributed by atoms with Crippen molar-refractivity contribution in [3.05, 3.63) is 437 Å². The van der Waals surface area contributed by atoms with Crippen LogP contribution in [0.4, 0.5) is 0 Å². The minimum Gasteiger partial charge on any atom is -0.399 e. The Morgan fingerprint density at radius 3 is 0.778 bits per heavy atom. The predicted octanol–water partition coefficient (Wildman–Crippen LogP) is 25.4. The summed E-state index contributed by atoms with van der Waals surface area (Å²) in [4.78, 5) is 36.6. The highest BCUT2D eigenvalue weighted by Gasteiger charge is 2.14. The average molecular weight is 1890 g/mol. The van der Waals surface area contributed by atoms with Crippen LogP contribution in [0.5, 0.6) is 0 Å². The van der Waals surface area contributed by atoms with Crippen LogP contribution in [0.25, 0.3) is 12.2 Å². The second-order valence-electron chi connectivity index (χ2n) is 30.1. The van der Waals surface area contributed by atoms with Gasteiger partial charge in [-0.05, 0) is 267 Å². The summed E-state index contributed by atoms with van der Waals surface area (Å²) in [5.41, 5.74) is 37.2. The summed E-state index contributed by atoms with van der Waals surface area (Å²) in [6.45, 7) is 43.7. The lowest BCUT2D eigenvalue weighted by Gasteiger charge is -2.12. The van der Waals surface area contributed by atoms with Gasteiger partial charge in [-0.1, -0.05) is 233 Å². The normalized spacial score (nSPS) is 10.5. The molecule has 15 nitrogen and oxygen atoms in total. The number of aryl methyl sites for hydroxylation is 10. The van der Waals surface area contributed by atoms with Gasteiger partial charge in [0.1, 0.15) is 23.3 Å². The van der Waals surface area contributed by atoms with E-state index in [1.807, 2.05) is 164 Å². The lowest BCUT2D eigenvalue weighted by Crippen LogP contribution is -2.03. The zero-order chi connectivity index (χ0) is 91.8. The third-order valence-corrected chi connectivity index (χ3v) is 21.4. The van der Waals surface area contributed by atoms with Crippen molar-refractivity contribution in [1.82, 2.24) is 39.9 Å². The van der Waals surface area contributed by atoms with E-state index in [0.717, 1.165) is 113 Å². The van der Waals surface area contributed by atoms with Gasteiger partial charge in [-0.3, -0.25) is 0 Å². The molecule has 0 radical (unpaired) electrons. The Bertz CT molecular complexity index is 5610. The summed E-state index contributed by atoms with van der Waals surface area (Å²) >= 11 is 4.81. The van der Waals surface area contributed by atoms with Crippen LogP contribution in [0.2, 0.25) is 0 Å². The monoisotopic (exact) mass is 1890 g/mol. The highest BCUT2D eigenvalue weighted by atomic mass is 127. The zero-order valence-electron chi connectivity index (χ0n) is 74.7. The number of halogens is 2. The van der Waals surface area contributed by atoms with Gasteiger partial charge in [0.05, 0.1) is 58.7 Å². The fourth-order valence-corrected chi connectivity index (χ4v) is 12.9. The number of alkyl halides is 2. The number of aromatic nitrogens is 8. The van der Waals surface area contributed by atoms with Gasteiger partial charge in [-0.2, -0.15) is 31.6 Å². The van der Waals surface area contributed by atoms with E-state index in [0.29, 0.717) is 53.6 Å². The second kappa shape index (κ2) is 57.2. The molecule has 2 atom stereocenters. The van der Waals surface area contributed by atoms with Crippen molar-refractivity contribution < 1.29 is 0 Å². The van der Waals surface area contributed by atoms with Crippen LogP contribution in [0.15, 0.2) is 257 Å². The smallest absolute Gasteiger partial charge is 0.132 e. The Balaban J connectivity index is 0.000000329.